The van der Waals surface area contributed by atoms with Gasteiger partial charge in [0, 0.05) is 13.1 Å². The molecule has 4 aliphatic rings. The van der Waals surface area contributed by atoms with Gasteiger partial charge in [-0.05, 0) is 104 Å². The molecule has 6 heteroatoms. The molecule has 1 aliphatic carbocycles. The lowest BCUT2D eigenvalue weighted by atomic mass is 9.72. The van der Waals surface area contributed by atoms with Crippen molar-refractivity contribution in [2.24, 2.45) is 11.8 Å². The van der Waals surface area contributed by atoms with Crippen LogP contribution in [0.2, 0.25) is 0 Å². The number of likely N-dealkylation sites (tertiary alicyclic amines) is 2. The van der Waals surface area contributed by atoms with Gasteiger partial charge >= 0.3 is 0 Å². The fourth-order valence-electron chi connectivity index (χ4n) is 6.97. The Morgan fingerprint density at radius 1 is 0.658 bits per heavy atom. The molecule has 5 rings (SSSR count). The lowest BCUT2D eigenvalue weighted by molar-refractivity contribution is -0.125. The van der Waals surface area contributed by atoms with E-state index in [0.29, 0.717) is 11.6 Å². The summed E-state index contributed by atoms with van der Waals surface area (Å²) in [6, 6.07) is 8.87. The van der Waals surface area contributed by atoms with Crippen molar-refractivity contribution in [3.8, 4) is 0 Å². The van der Waals surface area contributed by atoms with Gasteiger partial charge in [0.15, 0.2) is 0 Å². The number of hydrogen-bond donors (Lipinski definition) is 0. The number of likely N-dealkylation sites (N-methyl/N-ethyl adjacent to an activating group) is 3. The number of benzene rings is 1. The summed E-state index contributed by atoms with van der Waals surface area (Å²) in [6.45, 7) is 8.23. The number of hydrogen-bond acceptors (Lipinski definition) is 6. The van der Waals surface area contributed by atoms with E-state index in [2.05, 4.69) is 39.9 Å². The van der Waals surface area contributed by atoms with Gasteiger partial charge in [-0.2, -0.15) is 0 Å². The highest BCUT2D eigenvalue weighted by molar-refractivity contribution is 5.82. The fourth-order valence-corrected chi connectivity index (χ4v) is 6.97. The lowest BCUT2D eigenvalue weighted by Gasteiger charge is -2.43. The predicted molar refractivity (Wildman–Crippen MR) is 154 cm³/mol. The van der Waals surface area contributed by atoms with Gasteiger partial charge in [-0.15, -0.1) is 0 Å². The summed E-state index contributed by atoms with van der Waals surface area (Å²) in [6.07, 6.45) is 11.1. The molecule has 0 radical (unpaired) electrons. The Labute approximate surface area is 231 Å². The molecule has 2 saturated heterocycles. The predicted octanol–water partition coefficient (Wildman–Crippen LogP) is 4.78. The molecule has 5 unspecified atom stereocenters. The zero-order valence-electron chi connectivity index (χ0n) is 24.7. The molecule has 3 heterocycles. The van der Waals surface area contributed by atoms with E-state index in [1.807, 2.05) is 20.2 Å². The minimum Gasteiger partial charge on any atom is -0.298 e. The quantitative estimate of drug-likeness (QED) is 0.566. The molecule has 1 aromatic carbocycles. The molecule has 0 aromatic heterocycles. The molecule has 3 aliphatic heterocycles. The summed E-state index contributed by atoms with van der Waals surface area (Å²) >= 11 is 0. The topological polar surface area (TPSA) is 60.9 Å². The molecule has 212 valence electrons. The third-order valence-corrected chi connectivity index (χ3v) is 9.31. The highest BCUT2D eigenvalue weighted by atomic mass is 16.1. The molecule has 0 bridgehead atoms. The standard InChI is InChI=1S/C12H21NO.C12H15NO.C8H15NO/c2*1-9(14)12-7-10-5-3-4-6-11(10)8-13(12)2;1-7(10)8-5-3-4-6-9(8)2/h10-12H,3-8H2,1-2H3;3-6,12H,7-8H2,1-2H3;8H,3-6H2,1-2H3. The second-order valence-corrected chi connectivity index (χ2v) is 12.2. The van der Waals surface area contributed by atoms with Crippen molar-refractivity contribution >= 4 is 17.3 Å². The van der Waals surface area contributed by atoms with Crippen LogP contribution in [-0.4, -0.2) is 84.4 Å². The molecule has 3 fully saturated rings. The van der Waals surface area contributed by atoms with E-state index < -0.39 is 0 Å². The molecular weight excluding hydrogens is 474 g/mol. The summed E-state index contributed by atoms with van der Waals surface area (Å²) in [5, 5.41) is 0. The molecule has 1 saturated carbocycles. The Kier molecular flexibility index (Phi) is 11.7. The average molecular weight is 526 g/mol. The van der Waals surface area contributed by atoms with Gasteiger partial charge < -0.3 is 0 Å². The maximum Gasteiger partial charge on any atom is 0.147 e. The van der Waals surface area contributed by atoms with Crippen molar-refractivity contribution in [3.05, 3.63) is 35.4 Å². The van der Waals surface area contributed by atoms with Crippen LogP contribution >= 0.6 is 0 Å². The SMILES string of the molecule is CC(=O)C1CC2CCCCC2CN1C.CC(=O)C1CCCCN1C.CC(=O)C1Cc2ccccc2CN1C. The molecule has 0 amide bonds. The first kappa shape index (κ1) is 30.6. The second-order valence-electron chi connectivity index (χ2n) is 12.2. The van der Waals surface area contributed by atoms with Crippen LogP contribution in [0.15, 0.2) is 24.3 Å². The maximum atomic E-state index is 11.4. The zero-order chi connectivity index (χ0) is 27.8. The van der Waals surface area contributed by atoms with Crippen molar-refractivity contribution in [2.75, 3.05) is 34.2 Å². The number of Topliss-reactive ketones (excluding diaryl/α,β-unsaturated/α-hetero) is 3. The first-order valence-electron chi connectivity index (χ1n) is 14.8. The van der Waals surface area contributed by atoms with E-state index in [1.165, 1.54) is 49.7 Å². The number of rotatable bonds is 3. The second kappa shape index (κ2) is 14.5. The van der Waals surface area contributed by atoms with E-state index in [9.17, 15) is 14.4 Å². The van der Waals surface area contributed by atoms with Gasteiger partial charge in [-0.1, -0.05) is 49.9 Å². The van der Waals surface area contributed by atoms with Gasteiger partial charge in [0.05, 0.1) is 18.1 Å². The van der Waals surface area contributed by atoms with Crippen LogP contribution in [0.1, 0.15) is 83.3 Å². The van der Waals surface area contributed by atoms with Gasteiger partial charge in [0.1, 0.15) is 17.3 Å². The Balaban J connectivity index is 0.000000161. The van der Waals surface area contributed by atoms with E-state index in [1.54, 1.807) is 20.8 Å². The summed E-state index contributed by atoms with van der Waals surface area (Å²) in [5.41, 5.74) is 2.68. The molecule has 38 heavy (non-hydrogen) atoms. The molecule has 0 spiro atoms. The summed E-state index contributed by atoms with van der Waals surface area (Å²) in [7, 11) is 6.16. The summed E-state index contributed by atoms with van der Waals surface area (Å²) in [5.74, 6) is 2.67. The van der Waals surface area contributed by atoms with Crippen molar-refractivity contribution in [3.63, 3.8) is 0 Å². The number of piperidine rings is 2. The normalized spacial score (nSPS) is 29.9. The Morgan fingerprint density at radius 2 is 1.24 bits per heavy atom. The lowest BCUT2D eigenvalue weighted by Crippen LogP contribution is -2.49. The number of nitrogens with zero attached hydrogens (tertiary/aromatic N) is 3. The third-order valence-electron chi connectivity index (χ3n) is 9.31. The zero-order valence-corrected chi connectivity index (χ0v) is 24.7. The summed E-state index contributed by atoms with van der Waals surface area (Å²) < 4.78 is 0. The Morgan fingerprint density at radius 3 is 1.82 bits per heavy atom. The maximum absolute atomic E-state index is 11.4. The van der Waals surface area contributed by atoms with Crippen LogP contribution in [0, 0.1) is 11.8 Å². The van der Waals surface area contributed by atoms with E-state index in [4.69, 9.17) is 0 Å². The van der Waals surface area contributed by atoms with Crippen LogP contribution < -0.4 is 0 Å². The Hall–Kier alpha value is -1.89. The van der Waals surface area contributed by atoms with Crippen molar-refractivity contribution in [2.45, 2.75) is 103 Å². The van der Waals surface area contributed by atoms with Crippen molar-refractivity contribution in [1.82, 2.24) is 14.7 Å². The van der Waals surface area contributed by atoms with Crippen molar-refractivity contribution in [1.29, 1.82) is 0 Å². The smallest absolute Gasteiger partial charge is 0.147 e. The highest BCUT2D eigenvalue weighted by Crippen LogP contribution is 2.38. The number of fused-ring (bicyclic) bond motifs is 2. The van der Waals surface area contributed by atoms with E-state index >= 15 is 0 Å². The van der Waals surface area contributed by atoms with Crippen LogP contribution in [0.25, 0.3) is 0 Å². The fraction of sp³-hybridized carbons (Fsp3) is 0.719. The number of carbonyl (C=O) groups is 3. The summed E-state index contributed by atoms with van der Waals surface area (Å²) in [4.78, 5) is 40.3. The van der Waals surface area contributed by atoms with Gasteiger partial charge in [-0.3, -0.25) is 29.1 Å². The molecule has 1 aromatic rings. The van der Waals surface area contributed by atoms with E-state index in [0.717, 1.165) is 50.7 Å². The number of ketones is 3. The first-order valence-corrected chi connectivity index (χ1v) is 14.8. The third kappa shape index (κ3) is 8.30. The van der Waals surface area contributed by atoms with Crippen molar-refractivity contribution < 1.29 is 14.4 Å². The average Bonchev–Trinajstić information content (AvgIpc) is 2.88. The van der Waals surface area contributed by atoms with Crippen LogP contribution in [0.3, 0.4) is 0 Å². The van der Waals surface area contributed by atoms with Crippen LogP contribution in [-0.2, 0) is 27.3 Å². The molecule has 6 nitrogen and oxygen atoms in total. The van der Waals surface area contributed by atoms with E-state index in [-0.39, 0.29) is 23.9 Å². The molecular formula is C32H51N3O3. The number of carbonyl (C=O) groups excluding carboxylic acids is 3. The monoisotopic (exact) mass is 525 g/mol. The van der Waals surface area contributed by atoms with Gasteiger partial charge in [-0.25, -0.2) is 0 Å². The van der Waals surface area contributed by atoms with Gasteiger partial charge in [0.25, 0.3) is 0 Å². The van der Waals surface area contributed by atoms with Gasteiger partial charge in [0.2, 0.25) is 0 Å². The molecule has 0 N–H and O–H groups in total. The minimum absolute atomic E-state index is 0.0740. The largest absolute Gasteiger partial charge is 0.298 e. The minimum atomic E-state index is 0.0740. The first-order chi connectivity index (χ1) is 18.1. The van der Waals surface area contributed by atoms with Crippen LogP contribution in [0.4, 0.5) is 0 Å². The Bertz CT molecular complexity index is 948. The highest BCUT2D eigenvalue weighted by Gasteiger charge is 2.36. The van der Waals surface area contributed by atoms with Crippen LogP contribution in [0.5, 0.6) is 0 Å². The molecule has 5 atom stereocenters.